The Labute approximate surface area is 147 Å². The molecule has 0 aliphatic carbocycles. The normalized spacial score (nSPS) is 12.4. The monoisotopic (exact) mass is 357 g/mol. The Morgan fingerprint density at radius 2 is 2.16 bits per heavy atom. The highest BCUT2D eigenvalue weighted by Crippen LogP contribution is 2.34. The number of hydrogen-bond acceptors (Lipinski definition) is 6. The van der Waals surface area contributed by atoms with Gasteiger partial charge in [-0.3, -0.25) is 4.79 Å². The number of ether oxygens (including phenoxy) is 3. The van der Waals surface area contributed by atoms with Gasteiger partial charge in [0.15, 0.2) is 16.7 Å². The summed E-state index contributed by atoms with van der Waals surface area (Å²) in [6.45, 7) is 0.208. The van der Waals surface area contributed by atoms with E-state index in [1.807, 2.05) is 18.2 Å². The van der Waals surface area contributed by atoms with Gasteiger partial charge in [-0.25, -0.2) is 4.98 Å². The zero-order valence-electron chi connectivity index (χ0n) is 13.4. The van der Waals surface area contributed by atoms with Crippen molar-refractivity contribution in [2.45, 2.75) is 5.16 Å². The fraction of sp³-hybridized carbons (Fsp3) is 0.176. The van der Waals surface area contributed by atoms with E-state index in [-0.39, 0.29) is 18.5 Å². The minimum absolute atomic E-state index is 0.123. The summed E-state index contributed by atoms with van der Waals surface area (Å²) in [4.78, 5) is 19.8. The van der Waals surface area contributed by atoms with Crippen molar-refractivity contribution >= 4 is 34.4 Å². The number of aromatic nitrogens is 2. The van der Waals surface area contributed by atoms with E-state index in [9.17, 15) is 4.79 Å². The van der Waals surface area contributed by atoms with E-state index in [0.717, 1.165) is 16.8 Å². The Morgan fingerprint density at radius 3 is 3.04 bits per heavy atom. The molecule has 1 aliphatic rings. The van der Waals surface area contributed by atoms with Crippen molar-refractivity contribution in [2.24, 2.45) is 0 Å². The summed E-state index contributed by atoms with van der Waals surface area (Å²) in [5.41, 5.74) is 2.38. The second kappa shape index (κ2) is 6.56. The maximum Gasteiger partial charge on any atom is 0.234 e. The molecule has 2 N–H and O–H groups in total. The summed E-state index contributed by atoms with van der Waals surface area (Å²) in [6.07, 6.45) is 0. The van der Waals surface area contributed by atoms with E-state index in [4.69, 9.17) is 14.2 Å². The molecule has 0 saturated carbocycles. The number of thioether (sulfide) groups is 1. The highest BCUT2D eigenvalue weighted by Gasteiger charge is 2.14. The summed E-state index contributed by atoms with van der Waals surface area (Å²) in [6, 6.07) is 10.9. The Hall–Kier alpha value is -2.87. The van der Waals surface area contributed by atoms with Gasteiger partial charge in [-0.15, -0.1) is 0 Å². The predicted octanol–water partition coefficient (Wildman–Crippen LogP) is 3.03. The molecule has 0 fully saturated rings. The van der Waals surface area contributed by atoms with Crippen LogP contribution >= 0.6 is 11.8 Å². The van der Waals surface area contributed by atoms with Crippen LogP contribution in [0.3, 0.4) is 0 Å². The summed E-state index contributed by atoms with van der Waals surface area (Å²) in [5, 5.41) is 3.52. The SMILES string of the molecule is COc1ccc2nc(SCC(=O)Nc3ccc4c(c3)OCO4)[nH]c2c1. The fourth-order valence-electron chi connectivity index (χ4n) is 2.47. The molecule has 7 nitrogen and oxygen atoms in total. The van der Waals surface area contributed by atoms with Crippen LogP contribution in [-0.4, -0.2) is 35.5 Å². The van der Waals surface area contributed by atoms with Crippen molar-refractivity contribution in [2.75, 3.05) is 25.0 Å². The first-order chi connectivity index (χ1) is 12.2. The summed E-state index contributed by atoms with van der Waals surface area (Å²) in [7, 11) is 1.62. The molecule has 1 aliphatic heterocycles. The van der Waals surface area contributed by atoms with Crippen LogP contribution in [-0.2, 0) is 4.79 Å². The predicted molar refractivity (Wildman–Crippen MR) is 94.6 cm³/mol. The zero-order valence-corrected chi connectivity index (χ0v) is 14.2. The number of aromatic amines is 1. The Balaban J connectivity index is 1.38. The minimum Gasteiger partial charge on any atom is -0.497 e. The average molecular weight is 357 g/mol. The van der Waals surface area contributed by atoms with E-state index in [1.165, 1.54) is 11.8 Å². The van der Waals surface area contributed by atoms with E-state index < -0.39 is 0 Å². The molecule has 1 aromatic heterocycles. The first kappa shape index (κ1) is 15.6. The summed E-state index contributed by atoms with van der Waals surface area (Å²) in [5.74, 6) is 2.20. The van der Waals surface area contributed by atoms with Crippen LogP contribution in [0, 0.1) is 0 Å². The van der Waals surface area contributed by atoms with Crippen LogP contribution in [0.5, 0.6) is 17.2 Å². The molecule has 128 valence electrons. The molecule has 3 aromatic rings. The van der Waals surface area contributed by atoms with Gasteiger partial charge in [0.25, 0.3) is 0 Å². The molecule has 0 unspecified atom stereocenters. The highest BCUT2D eigenvalue weighted by molar-refractivity contribution is 7.99. The first-order valence-electron chi connectivity index (χ1n) is 7.57. The zero-order chi connectivity index (χ0) is 17.2. The van der Waals surface area contributed by atoms with Crippen LogP contribution in [0.4, 0.5) is 5.69 Å². The molecule has 0 radical (unpaired) electrons. The van der Waals surface area contributed by atoms with Crippen molar-refractivity contribution in [3.05, 3.63) is 36.4 Å². The molecule has 2 aromatic carbocycles. The van der Waals surface area contributed by atoms with Gasteiger partial charge < -0.3 is 24.5 Å². The van der Waals surface area contributed by atoms with Crippen molar-refractivity contribution in [3.8, 4) is 17.2 Å². The number of carbonyl (C=O) groups excluding carboxylic acids is 1. The molecule has 0 atom stereocenters. The third-order valence-electron chi connectivity index (χ3n) is 3.66. The second-order valence-corrected chi connectivity index (χ2v) is 6.29. The molecule has 0 bridgehead atoms. The molecule has 0 saturated heterocycles. The topological polar surface area (TPSA) is 85.5 Å². The Kier molecular flexibility index (Phi) is 4.10. The van der Waals surface area contributed by atoms with Gasteiger partial charge in [-0.05, 0) is 24.3 Å². The van der Waals surface area contributed by atoms with Crippen molar-refractivity contribution < 1.29 is 19.0 Å². The molecule has 2 heterocycles. The number of hydrogen-bond donors (Lipinski definition) is 2. The van der Waals surface area contributed by atoms with Gasteiger partial charge in [-0.1, -0.05) is 11.8 Å². The number of H-pyrrole nitrogens is 1. The number of imidazole rings is 1. The van der Waals surface area contributed by atoms with Crippen LogP contribution in [0.25, 0.3) is 11.0 Å². The largest absolute Gasteiger partial charge is 0.497 e. The lowest BCUT2D eigenvalue weighted by Gasteiger charge is -2.05. The third-order valence-corrected chi connectivity index (χ3v) is 4.54. The molecule has 1 amide bonds. The highest BCUT2D eigenvalue weighted by atomic mass is 32.2. The lowest BCUT2D eigenvalue weighted by molar-refractivity contribution is -0.113. The number of anilines is 1. The fourth-order valence-corrected chi connectivity index (χ4v) is 3.15. The molecule has 25 heavy (non-hydrogen) atoms. The number of methoxy groups -OCH3 is 1. The minimum atomic E-state index is -0.123. The molecular formula is C17H15N3O4S. The smallest absolute Gasteiger partial charge is 0.234 e. The molecule has 4 rings (SSSR count). The summed E-state index contributed by atoms with van der Waals surface area (Å²) < 4.78 is 15.7. The third kappa shape index (κ3) is 3.34. The van der Waals surface area contributed by atoms with Crippen molar-refractivity contribution in [3.63, 3.8) is 0 Å². The molecular weight excluding hydrogens is 342 g/mol. The number of nitrogens with zero attached hydrogens (tertiary/aromatic N) is 1. The second-order valence-electron chi connectivity index (χ2n) is 5.33. The lowest BCUT2D eigenvalue weighted by Crippen LogP contribution is -2.14. The number of rotatable bonds is 5. The van der Waals surface area contributed by atoms with Crippen LogP contribution in [0.1, 0.15) is 0 Å². The van der Waals surface area contributed by atoms with Gasteiger partial charge in [0.1, 0.15) is 5.75 Å². The lowest BCUT2D eigenvalue weighted by atomic mass is 10.3. The number of fused-ring (bicyclic) bond motifs is 2. The maximum atomic E-state index is 12.1. The number of benzene rings is 2. The van der Waals surface area contributed by atoms with Gasteiger partial charge in [-0.2, -0.15) is 0 Å². The Morgan fingerprint density at radius 1 is 1.28 bits per heavy atom. The van der Waals surface area contributed by atoms with Gasteiger partial charge in [0.05, 0.1) is 23.9 Å². The quantitative estimate of drug-likeness (QED) is 0.683. The van der Waals surface area contributed by atoms with Crippen molar-refractivity contribution in [1.82, 2.24) is 9.97 Å². The molecule has 0 spiro atoms. The van der Waals surface area contributed by atoms with Gasteiger partial charge in [0, 0.05) is 17.8 Å². The first-order valence-corrected chi connectivity index (χ1v) is 8.56. The standard InChI is InChI=1S/C17H15N3O4S/c1-22-11-3-4-12-13(7-11)20-17(19-12)25-8-16(21)18-10-2-5-14-15(6-10)24-9-23-14/h2-7H,8-9H2,1H3,(H,18,21)(H,19,20). The van der Waals surface area contributed by atoms with E-state index in [2.05, 4.69) is 15.3 Å². The van der Waals surface area contributed by atoms with Crippen LogP contribution in [0.15, 0.2) is 41.6 Å². The van der Waals surface area contributed by atoms with E-state index in [1.54, 1.807) is 25.3 Å². The number of carbonyl (C=O) groups is 1. The van der Waals surface area contributed by atoms with Gasteiger partial charge >= 0.3 is 0 Å². The van der Waals surface area contributed by atoms with Crippen LogP contribution in [0.2, 0.25) is 0 Å². The van der Waals surface area contributed by atoms with Gasteiger partial charge in [0.2, 0.25) is 12.7 Å². The van der Waals surface area contributed by atoms with Crippen LogP contribution < -0.4 is 19.5 Å². The summed E-state index contributed by atoms with van der Waals surface area (Å²) >= 11 is 1.34. The van der Waals surface area contributed by atoms with Crippen molar-refractivity contribution in [1.29, 1.82) is 0 Å². The average Bonchev–Trinajstić information content (AvgIpc) is 3.24. The maximum absolute atomic E-state index is 12.1. The van der Waals surface area contributed by atoms with E-state index >= 15 is 0 Å². The molecule has 8 heteroatoms. The number of nitrogens with one attached hydrogen (secondary N) is 2. The van der Waals surface area contributed by atoms with E-state index in [0.29, 0.717) is 22.3 Å². The number of amides is 1. The Bertz CT molecular complexity index is 941.